The van der Waals surface area contributed by atoms with Crippen LogP contribution in [0.2, 0.25) is 0 Å². The standard InChI is InChI=1S/C16H33N3O3/c1-18-14(11-12-17)16(22)19-13-9-7-5-3-2-4-6-8-10-15(20)21/h14,18H,2-13,17H2,1H3,(H,19,22)(H,20,21)/t14-/m0/s1. The van der Waals surface area contributed by atoms with Crippen molar-refractivity contribution in [1.29, 1.82) is 0 Å². The number of hydrogen-bond donors (Lipinski definition) is 4. The summed E-state index contributed by atoms with van der Waals surface area (Å²) in [5.41, 5.74) is 5.46. The van der Waals surface area contributed by atoms with Gasteiger partial charge in [0.25, 0.3) is 0 Å². The Morgan fingerprint density at radius 3 is 2.05 bits per heavy atom. The van der Waals surface area contributed by atoms with E-state index in [1.807, 2.05) is 0 Å². The minimum atomic E-state index is -0.700. The van der Waals surface area contributed by atoms with Crippen LogP contribution < -0.4 is 16.4 Å². The maximum absolute atomic E-state index is 11.8. The Hall–Kier alpha value is -1.14. The van der Waals surface area contributed by atoms with Crippen molar-refractivity contribution in [3.8, 4) is 0 Å². The van der Waals surface area contributed by atoms with E-state index in [1.165, 1.54) is 19.3 Å². The third-order valence-electron chi connectivity index (χ3n) is 3.74. The van der Waals surface area contributed by atoms with Crippen molar-refractivity contribution < 1.29 is 14.7 Å². The van der Waals surface area contributed by atoms with Crippen LogP contribution >= 0.6 is 0 Å². The van der Waals surface area contributed by atoms with Crippen LogP contribution in [-0.2, 0) is 9.59 Å². The molecule has 0 aliphatic rings. The molecule has 0 rings (SSSR count). The van der Waals surface area contributed by atoms with Gasteiger partial charge >= 0.3 is 5.97 Å². The summed E-state index contributed by atoms with van der Waals surface area (Å²) in [7, 11) is 1.77. The Bertz CT molecular complexity index is 298. The molecule has 1 atom stereocenters. The van der Waals surface area contributed by atoms with E-state index in [4.69, 9.17) is 10.8 Å². The summed E-state index contributed by atoms with van der Waals surface area (Å²) in [6.45, 7) is 1.23. The number of hydrogen-bond acceptors (Lipinski definition) is 4. The maximum Gasteiger partial charge on any atom is 0.303 e. The van der Waals surface area contributed by atoms with Gasteiger partial charge in [0.05, 0.1) is 6.04 Å². The number of nitrogens with two attached hydrogens (primary N) is 1. The van der Waals surface area contributed by atoms with E-state index in [2.05, 4.69) is 10.6 Å². The lowest BCUT2D eigenvalue weighted by atomic mass is 10.1. The summed E-state index contributed by atoms with van der Waals surface area (Å²) in [5.74, 6) is -0.666. The molecule has 0 unspecified atom stereocenters. The predicted octanol–water partition coefficient (Wildman–Crippen LogP) is 1.63. The first-order chi connectivity index (χ1) is 10.6. The summed E-state index contributed by atoms with van der Waals surface area (Å²) < 4.78 is 0. The van der Waals surface area contributed by atoms with Gasteiger partial charge in [-0.1, -0.05) is 38.5 Å². The van der Waals surface area contributed by atoms with Crippen molar-refractivity contribution in [2.45, 2.75) is 70.3 Å². The molecule has 0 saturated carbocycles. The lowest BCUT2D eigenvalue weighted by Gasteiger charge is -2.14. The number of likely N-dealkylation sites (N-methyl/N-ethyl adjacent to an activating group) is 1. The molecule has 0 heterocycles. The molecule has 130 valence electrons. The predicted molar refractivity (Wildman–Crippen MR) is 88.7 cm³/mol. The van der Waals surface area contributed by atoms with Crippen molar-refractivity contribution in [3.05, 3.63) is 0 Å². The van der Waals surface area contributed by atoms with Gasteiger partial charge in [-0.25, -0.2) is 0 Å². The molecule has 0 radical (unpaired) electrons. The SMILES string of the molecule is CN[C@@H](CCN)C(=O)NCCCCCCCCCCC(=O)O. The minimum absolute atomic E-state index is 0.0337. The maximum atomic E-state index is 11.8. The number of carbonyl (C=O) groups excluding carboxylic acids is 1. The topological polar surface area (TPSA) is 104 Å². The zero-order valence-electron chi connectivity index (χ0n) is 13.9. The average Bonchev–Trinajstić information content (AvgIpc) is 2.49. The van der Waals surface area contributed by atoms with E-state index in [-0.39, 0.29) is 18.4 Å². The summed E-state index contributed by atoms with van der Waals surface area (Å²) in [6, 6.07) is -0.184. The monoisotopic (exact) mass is 315 g/mol. The first-order valence-electron chi connectivity index (χ1n) is 8.48. The normalized spacial score (nSPS) is 12.1. The minimum Gasteiger partial charge on any atom is -0.481 e. The number of unbranched alkanes of at least 4 members (excludes halogenated alkanes) is 7. The number of aliphatic carboxylic acids is 1. The molecule has 0 saturated heterocycles. The van der Waals surface area contributed by atoms with Crippen LogP contribution in [0.4, 0.5) is 0 Å². The van der Waals surface area contributed by atoms with Crippen LogP contribution in [0.1, 0.15) is 64.2 Å². The Morgan fingerprint density at radius 2 is 1.55 bits per heavy atom. The van der Waals surface area contributed by atoms with Gasteiger partial charge < -0.3 is 21.5 Å². The van der Waals surface area contributed by atoms with Crippen LogP contribution in [0, 0.1) is 0 Å². The zero-order chi connectivity index (χ0) is 16.6. The molecular formula is C16H33N3O3. The highest BCUT2D eigenvalue weighted by Crippen LogP contribution is 2.09. The second-order valence-electron chi connectivity index (χ2n) is 5.68. The number of nitrogens with one attached hydrogen (secondary N) is 2. The molecule has 0 fully saturated rings. The molecule has 0 aromatic rings. The van der Waals surface area contributed by atoms with E-state index in [9.17, 15) is 9.59 Å². The molecule has 5 N–H and O–H groups in total. The molecule has 0 aromatic heterocycles. The highest BCUT2D eigenvalue weighted by atomic mass is 16.4. The Kier molecular flexibility index (Phi) is 14.0. The van der Waals surface area contributed by atoms with Crippen LogP contribution in [0.25, 0.3) is 0 Å². The van der Waals surface area contributed by atoms with Crippen LogP contribution in [0.3, 0.4) is 0 Å². The van der Waals surface area contributed by atoms with Gasteiger partial charge in [0.2, 0.25) is 5.91 Å². The molecule has 0 aromatic carbocycles. The molecule has 6 heteroatoms. The van der Waals surface area contributed by atoms with Crippen LogP contribution in [0.15, 0.2) is 0 Å². The number of rotatable bonds is 15. The Balaban J connectivity index is 3.32. The first kappa shape index (κ1) is 20.9. The van der Waals surface area contributed by atoms with Gasteiger partial charge in [0, 0.05) is 13.0 Å². The van der Waals surface area contributed by atoms with Crippen molar-refractivity contribution in [3.63, 3.8) is 0 Å². The van der Waals surface area contributed by atoms with E-state index in [1.54, 1.807) is 7.05 Å². The van der Waals surface area contributed by atoms with Gasteiger partial charge in [-0.15, -0.1) is 0 Å². The van der Waals surface area contributed by atoms with Gasteiger partial charge in [0.15, 0.2) is 0 Å². The number of carboxylic acids is 1. The number of carbonyl (C=O) groups is 2. The number of carboxylic acid groups (broad SMARTS) is 1. The van der Waals surface area contributed by atoms with Gasteiger partial charge in [-0.3, -0.25) is 9.59 Å². The fourth-order valence-corrected chi connectivity index (χ4v) is 2.37. The van der Waals surface area contributed by atoms with Crippen molar-refractivity contribution in [1.82, 2.24) is 10.6 Å². The lowest BCUT2D eigenvalue weighted by Crippen LogP contribution is -2.44. The average molecular weight is 315 g/mol. The molecule has 6 nitrogen and oxygen atoms in total. The zero-order valence-corrected chi connectivity index (χ0v) is 13.9. The van der Waals surface area contributed by atoms with Crippen LogP contribution in [0.5, 0.6) is 0 Å². The van der Waals surface area contributed by atoms with E-state index < -0.39 is 5.97 Å². The van der Waals surface area contributed by atoms with Crippen LogP contribution in [-0.4, -0.2) is 43.2 Å². The van der Waals surface area contributed by atoms with Crippen molar-refractivity contribution in [2.75, 3.05) is 20.1 Å². The summed E-state index contributed by atoms with van der Waals surface area (Å²) in [4.78, 5) is 22.1. The molecule has 0 spiro atoms. The molecule has 1 amide bonds. The third-order valence-corrected chi connectivity index (χ3v) is 3.74. The highest BCUT2D eigenvalue weighted by molar-refractivity contribution is 5.81. The molecule has 0 aliphatic heterocycles. The first-order valence-corrected chi connectivity index (χ1v) is 8.48. The fourth-order valence-electron chi connectivity index (χ4n) is 2.37. The van der Waals surface area contributed by atoms with Crippen molar-refractivity contribution >= 4 is 11.9 Å². The second-order valence-corrected chi connectivity index (χ2v) is 5.68. The third kappa shape index (κ3) is 12.6. The van der Waals surface area contributed by atoms with Gasteiger partial charge in [-0.05, 0) is 32.9 Å². The fraction of sp³-hybridized carbons (Fsp3) is 0.875. The Labute approximate surface area is 134 Å². The molecule has 22 heavy (non-hydrogen) atoms. The lowest BCUT2D eigenvalue weighted by molar-refractivity contribution is -0.137. The van der Waals surface area contributed by atoms with Gasteiger partial charge in [0.1, 0.15) is 0 Å². The highest BCUT2D eigenvalue weighted by Gasteiger charge is 2.13. The largest absolute Gasteiger partial charge is 0.481 e. The van der Waals surface area contributed by atoms with E-state index in [0.29, 0.717) is 13.0 Å². The number of amides is 1. The molecular weight excluding hydrogens is 282 g/mol. The van der Waals surface area contributed by atoms with Crippen molar-refractivity contribution in [2.24, 2.45) is 5.73 Å². The second kappa shape index (κ2) is 14.8. The Morgan fingerprint density at radius 1 is 1.00 bits per heavy atom. The molecule has 0 bridgehead atoms. The quantitative estimate of drug-likeness (QED) is 0.344. The van der Waals surface area contributed by atoms with E-state index >= 15 is 0 Å². The summed E-state index contributed by atoms with van der Waals surface area (Å²) >= 11 is 0. The van der Waals surface area contributed by atoms with Gasteiger partial charge in [-0.2, -0.15) is 0 Å². The van der Waals surface area contributed by atoms with E-state index in [0.717, 1.165) is 38.6 Å². The molecule has 0 aliphatic carbocycles. The summed E-state index contributed by atoms with van der Waals surface area (Å²) in [6.07, 6.45) is 9.52. The summed E-state index contributed by atoms with van der Waals surface area (Å²) in [5, 5.41) is 14.4. The smallest absolute Gasteiger partial charge is 0.303 e.